The number of benzene rings is 1. The van der Waals surface area contributed by atoms with Gasteiger partial charge in [-0.1, -0.05) is 75.8 Å². The lowest BCUT2D eigenvalue weighted by molar-refractivity contribution is -0.117. The van der Waals surface area contributed by atoms with Crippen LogP contribution >= 0.6 is 0 Å². The summed E-state index contributed by atoms with van der Waals surface area (Å²) in [5, 5.41) is 0. The number of hydrogen-bond donors (Lipinski definition) is 0. The molecule has 0 saturated heterocycles. The second-order valence-corrected chi connectivity index (χ2v) is 6.16. The van der Waals surface area contributed by atoms with Crippen molar-refractivity contribution in [2.75, 3.05) is 0 Å². The predicted molar refractivity (Wildman–Crippen MR) is 86.9 cm³/mol. The molecule has 20 heavy (non-hydrogen) atoms. The molecule has 0 aliphatic rings. The molecule has 112 valence electrons. The first-order chi connectivity index (χ1) is 9.68. The fourth-order valence-corrected chi connectivity index (χ4v) is 2.77. The molecule has 0 bridgehead atoms. The van der Waals surface area contributed by atoms with Crippen LogP contribution in [0.25, 0.3) is 0 Å². The number of rotatable bonds is 11. The Morgan fingerprint density at radius 2 is 1.55 bits per heavy atom. The van der Waals surface area contributed by atoms with Crippen molar-refractivity contribution in [2.45, 2.75) is 71.6 Å². The average Bonchev–Trinajstić information content (AvgIpc) is 2.42. The summed E-state index contributed by atoms with van der Waals surface area (Å²) in [5.74, 6) is 0.906. The molecule has 0 radical (unpaired) electrons. The fourth-order valence-electron chi connectivity index (χ4n) is 2.77. The van der Waals surface area contributed by atoms with Gasteiger partial charge in [0.25, 0.3) is 0 Å². The Morgan fingerprint density at radius 1 is 0.950 bits per heavy atom. The molecule has 0 fully saturated rings. The van der Waals surface area contributed by atoms with Crippen LogP contribution in [0.2, 0.25) is 0 Å². The Labute approximate surface area is 124 Å². The Kier molecular flexibility index (Phi) is 9.02. The topological polar surface area (TPSA) is 17.1 Å². The van der Waals surface area contributed by atoms with E-state index in [1.807, 2.05) is 0 Å². The highest BCUT2D eigenvalue weighted by Gasteiger charge is 2.04. The molecular weight excluding hydrogens is 244 g/mol. The number of hydrogen-bond acceptors (Lipinski definition) is 1. The van der Waals surface area contributed by atoms with Gasteiger partial charge in [-0.15, -0.1) is 0 Å². The van der Waals surface area contributed by atoms with Gasteiger partial charge in [0.2, 0.25) is 0 Å². The lowest BCUT2D eigenvalue weighted by Gasteiger charge is -2.08. The SMILES string of the molecule is CC(=O)C[C@H](C)CCCCCCCCc1ccccc1. The van der Waals surface area contributed by atoms with E-state index in [0.717, 1.165) is 6.42 Å². The number of aryl methyl sites for hydroxylation is 1. The van der Waals surface area contributed by atoms with Crippen molar-refractivity contribution >= 4 is 5.78 Å². The van der Waals surface area contributed by atoms with Crippen LogP contribution in [0.1, 0.15) is 70.8 Å². The molecule has 0 spiro atoms. The van der Waals surface area contributed by atoms with E-state index in [1.165, 1.54) is 56.9 Å². The molecule has 1 aromatic carbocycles. The molecule has 1 nitrogen and oxygen atoms in total. The number of carbonyl (C=O) groups excluding carboxylic acids is 1. The normalized spacial score (nSPS) is 12.3. The van der Waals surface area contributed by atoms with Gasteiger partial charge >= 0.3 is 0 Å². The molecule has 1 heteroatoms. The van der Waals surface area contributed by atoms with Gasteiger partial charge in [-0.05, 0) is 31.2 Å². The van der Waals surface area contributed by atoms with Gasteiger partial charge in [0.05, 0.1) is 0 Å². The van der Waals surface area contributed by atoms with Crippen molar-refractivity contribution in [3.63, 3.8) is 0 Å². The fraction of sp³-hybridized carbons (Fsp3) is 0.632. The van der Waals surface area contributed by atoms with Gasteiger partial charge in [0.1, 0.15) is 5.78 Å². The molecule has 0 heterocycles. The maximum atomic E-state index is 11.0. The zero-order valence-electron chi connectivity index (χ0n) is 13.2. The Hall–Kier alpha value is -1.11. The summed E-state index contributed by atoms with van der Waals surface area (Å²) in [6.07, 6.45) is 11.2. The summed E-state index contributed by atoms with van der Waals surface area (Å²) < 4.78 is 0. The van der Waals surface area contributed by atoms with E-state index < -0.39 is 0 Å². The molecule has 0 aliphatic carbocycles. The van der Waals surface area contributed by atoms with Crippen LogP contribution in [0.5, 0.6) is 0 Å². The van der Waals surface area contributed by atoms with Gasteiger partial charge in [-0.25, -0.2) is 0 Å². The van der Waals surface area contributed by atoms with E-state index >= 15 is 0 Å². The summed E-state index contributed by atoms with van der Waals surface area (Å²) in [4.78, 5) is 11.0. The van der Waals surface area contributed by atoms with Gasteiger partial charge in [0, 0.05) is 6.42 Å². The minimum absolute atomic E-state index is 0.332. The van der Waals surface area contributed by atoms with E-state index in [4.69, 9.17) is 0 Å². The predicted octanol–water partition coefficient (Wildman–Crippen LogP) is 5.58. The van der Waals surface area contributed by atoms with Crippen LogP contribution in [0.3, 0.4) is 0 Å². The van der Waals surface area contributed by atoms with Crippen LogP contribution in [0.15, 0.2) is 30.3 Å². The van der Waals surface area contributed by atoms with E-state index in [9.17, 15) is 4.79 Å². The van der Waals surface area contributed by atoms with Gasteiger partial charge in [0.15, 0.2) is 0 Å². The molecule has 1 rings (SSSR count). The van der Waals surface area contributed by atoms with Gasteiger partial charge in [-0.2, -0.15) is 0 Å². The minimum atomic E-state index is 0.332. The zero-order chi connectivity index (χ0) is 14.6. The quantitative estimate of drug-likeness (QED) is 0.482. The molecule has 0 amide bonds. The average molecular weight is 274 g/mol. The first kappa shape index (κ1) is 16.9. The highest BCUT2D eigenvalue weighted by molar-refractivity contribution is 5.75. The molecule has 1 aromatic rings. The third-order valence-corrected chi connectivity index (χ3v) is 3.89. The third-order valence-electron chi connectivity index (χ3n) is 3.89. The summed E-state index contributed by atoms with van der Waals surface area (Å²) >= 11 is 0. The molecule has 0 saturated carbocycles. The van der Waals surface area contributed by atoms with E-state index in [2.05, 4.69) is 37.3 Å². The summed E-state index contributed by atoms with van der Waals surface area (Å²) in [7, 11) is 0. The summed E-state index contributed by atoms with van der Waals surface area (Å²) in [6.45, 7) is 3.89. The minimum Gasteiger partial charge on any atom is -0.300 e. The monoisotopic (exact) mass is 274 g/mol. The Morgan fingerprint density at radius 3 is 2.20 bits per heavy atom. The molecule has 0 aromatic heterocycles. The van der Waals surface area contributed by atoms with Crippen molar-refractivity contribution in [1.29, 1.82) is 0 Å². The highest BCUT2D eigenvalue weighted by atomic mass is 16.1. The summed E-state index contributed by atoms with van der Waals surface area (Å²) in [6, 6.07) is 10.8. The summed E-state index contributed by atoms with van der Waals surface area (Å²) in [5.41, 5.74) is 1.46. The third kappa shape index (κ3) is 8.90. The van der Waals surface area contributed by atoms with Crippen molar-refractivity contribution in [3.8, 4) is 0 Å². The van der Waals surface area contributed by atoms with Crippen molar-refractivity contribution in [1.82, 2.24) is 0 Å². The van der Waals surface area contributed by atoms with Crippen LogP contribution in [0.4, 0.5) is 0 Å². The van der Waals surface area contributed by atoms with Gasteiger partial charge < -0.3 is 4.79 Å². The largest absolute Gasteiger partial charge is 0.300 e. The first-order valence-electron chi connectivity index (χ1n) is 8.22. The molecule has 0 aliphatic heterocycles. The Balaban J connectivity index is 1.89. The number of ketones is 1. The molecule has 0 N–H and O–H groups in total. The number of Topliss-reactive ketones (excluding diaryl/α,β-unsaturated/α-hetero) is 1. The molecule has 0 unspecified atom stereocenters. The van der Waals surface area contributed by atoms with Crippen molar-refractivity contribution in [3.05, 3.63) is 35.9 Å². The number of unbranched alkanes of at least 4 members (excludes halogenated alkanes) is 5. The second-order valence-electron chi connectivity index (χ2n) is 6.16. The molecular formula is C19H30O. The van der Waals surface area contributed by atoms with Crippen LogP contribution in [-0.2, 0) is 11.2 Å². The lowest BCUT2D eigenvalue weighted by Crippen LogP contribution is -2.01. The number of carbonyl (C=O) groups is 1. The highest BCUT2D eigenvalue weighted by Crippen LogP contribution is 2.15. The van der Waals surface area contributed by atoms with Crippen LogP contribution < -0.4 is 0 Å². The van der Waals surface area contributed by atoms with E-state index in [0.29, 0.717) is 11.7 Å². The Bertz CT molecular complexity index is 355. The maximum absolute atomic E-state index is 11.0. The van der Waals surface area contributed by atoms with Crippen molar-refractivity contribution < 1.29 is 4.79 Å². The van der Waals surface area contributed by atoms with E-state index in [-0.39, 0.29) is 0 Å². The standard InChI is InChI=1S/C19H30O/c1-17(16-18(2)20)12-8-5-3-4-6-9-13-19-14-10-7-11-15-19/h7,10-11,14-15,17H,3-6,8-9,12-13,16H2,1-2H3/t17-/m1/s1. The lowest BCUT2D eigenvalue weighted by atomic mass is 9.97. The zero-order valence-corrected chi connectivity index (χ0v) is 13.2. The van der Waals surface area contributed by atoms with E-state index in [1.54, 1.807) is 6.92 Å². The first-order valence-corrected chi connectivity index (χ1v) is 8.22. The van der Waals surface area contributed by atoms with Crippen LogP contribution in [-0.4, -0.2) is 5.78 Å². The second kappa shape index (κ2) is 10.7. The van der Waals surface area contributed by atoms with Gasteiger partial charge in [-0.3, -0.25) is 0 Å². The van der Waals surface area contributed by atoms with Crippen LogP contribution in [0, 0.1) is 5.92 Å². The smallest absolute Gasteiger partial charge is 0.130 e. The molecule has 1 atom stereocenters. The van der Waals surface area contributed by atoms with Crippen molar-refractivity contribution in [2.24, 2.45) is 5.92 Å². The maximum Gasteiger partial charge on any atom is 0.130 e.